The first-order valence-corrected chi connectivity index (χ1v) is 9.66. The van der Waals surface area contributed by atoms with E-state index in [1.54, 1.807) is 11.8 Å². The Morgan fingerprint density at radius 2 is 1.73 bits per heavy atom. The quantitative estimate of drug-likeness (QED) is 0.738. The topological polar surface area (TPSA) is 50.1 Å². The van der Waals surface area contributed by atoms with Gasteiger partial charge in [0.15, 0.2) is 5.92 Å². The second-order valence-electron chi connectivity index (χ2n) is 6.34. The van der Waals surface area contributed by atoms with Crippen molar-refractivity contribution in [3.63, 3.8) is 0 Å². The summed E-state index contributed by atoms with van der Waals surface area (Å²) in [5.74, 6) is 0.729. The molecule has 0 bridgehead atoms. The maximum atomic E-state index is 12.5. The van der Waals surface area contributed by atoms with Crippen LogP contribution < -0.4 is 0 Å². The molecule has 0 aromatic heterocycles. The fourth-order valence-corrected chi connectivity index (χ4v) is 4.58. The molecule has 2 aliphatic heterocycles. The maximum Gasteiger partial charge on any atom is 0.329 e. The molecule has 0 N–H and O–H groups in total. The first-order chi connectivity index (χ1) is 12.8. The van der Waals surface area contributed by atoms with Gasteiger partial charge in [-0.1, -0.05) is 60.7 Å². The Balaban J connectivity index is 1.84. The number of thioether (sulfide) groups is 1. The van der Waals surface area contributed by atoms with Crippen LogP contribution in [0.15, 0.2) is 77.6 Å². The molecule has 0 amide bonds. The zero-order valence-corrected chi connectivity index (χ0v) is 14.9. The van der Waals surface area contributed by atoms with E-state index in [1.165, 1.54) is 0 Å². The van der Waals surface area contributed by atoms with Gasteiger partial charge in [-0.3, -0.25) is 4.79 Å². The Morgan fingerprint density at radius 3 is 2.42 bits per heavy atom. The third-order valence-electron chi connectivity index (χ3n) is 4.70. The van der Waals surface area contributed by atoms with Crippen molar-refractivity contribution in [1.82, 2.24) is 0 Å². The molecule has 0 saturated heterocycles. The summed E-state index contributed by atoms with van der Waals surface area (Å²) in [7, 11) is 0. The molecular formula is C22H17NO2S. The van der Waals surface area contributed by atoms with Gasteiger partial charge in [-0.15, -0.1) is 0 Å². The van der Waals surface area contributed by atoms with Crippen LogP contribution in [0.4, 0.5) is 0 Å². The molecule has 128 valence electrons. The zero-order valence-electron chi connectivity index (χ0n) is 14.1. The third-order valence-corrected chi connectivity index (χ3v) is 5.73. The van der Waals surface area contributed by atoms with E-state index in [-0.39, 0.29) is 5.92 Å². The number of esters is 1. The minimum atomic E-state index is -0.798. The van der Waals surface area contributed by atoms with Gasteiger partial charge in [0.25, 0.3) is 0 Å². The molecule has 4 heteroatoms. The van der Waals surface area contributed by atoms with Gasteiger partial charge in [0.05, 0.1) is 6.07 Å². The van der Waals surface area contributed by atoms with E-state index in [1.807, 2.05) is 60.7 Å². The SMILES string of the molecule is N#CC1C(=O)OC2=C(CSCC2=Cc2ccccc2)C1c1ccccc1. The maximum absolute atomic E-state index is 12.5. The molecule has 0 radical (unpaired) electrons. The Morgan fingerprint density at radius 1 is 1.04 bits per heavy atom. The van der Waals surface area contributed by atoms with Crippen LogP contribution in [0.25, 0.3) is 6.08 Å². The van der Waals surface area contributed by atoms with Crippen LogP contribution in [0.2, 0.25) is 0 Å². The number of ether oxygens (including phenoxy) is 1. The Bertz CT molecular complexity index is 926. The molecule has 26 heavy (non-hydrogen) atoms. The van der Waals surface area contributed by atoms with Crippen molar-refractivity contribution in [3.05, 3.63) is 88.7 Å². The van der Waals surface area contributed by atoms with Crippen molar-refractivity contribution in [1.29, 1.82) is 5.26 Å². The van der Waals surface area contributed by atoms with Gasteiger partial charge in [-0.2, -0.15) is 17.0 Å². The summed E-state index contributed by atoms with van der Waals surface area (Å²) < 4.78 is 5.67. The standard InChI is InChI=1S/C22H17NO2S/c23-12-18-20(16-9-5-2-6-10-16)19-14-26-13-17(21(19)25-22(18)24)11-15-7-3-1-4-8-15/h1-11,18,20H,13-14H2. The van der Waals surface area contributed by atoms with Crippen molar-refractivity contribution in [3.8, 4) is 6.07 Å². The Labute approximate surface area is 157 Å². The molecule has 2 aromatic carbocycles. The molecule has 0 spiro atoms. The monoisotopic (exact) mass is 359 g/mol. The second-order valence-corrected chi connectivity index (χ2v) is 7.33. The number of allylic oxidation sites excluding steroid dienone is 1. The van der Waals surface area contributed by atoms with Crippen molar-refractivity contribution < 1.29 is 9.53 Å². The third kappa shape index (κ3) is 3.07. The smallest absolute Gasteiger partial charge is 0.329 e. The van der Waals surface area contributed by atoms with Crippen LogP contribution >= 0.6 is 11.8 Å². The van der Waals surface area contributed by atoms with E-state index in [9.17, 15) is 10.1 Å². The van der Waals surface area contributed by atoms with Crippen molar-refractivity contribution in [2.45, 2.75) is 5.92 Å². The molecule has 3 nitrogen and oxygen atoms in total. The fourth-order valence-electron chi connectivity index (χ4n) is 3.51. The normalized spacial score (nSPS) is 24.0. The van der Waals surface area contributed by atoms with E-state index in [2.05, 4.69) is 12.1 Å². The first kappa shape index (κ1) is 16.7. The van der Waals surface area contributed by atoms with Gasteiger partial charge >= 0.3 is 5.97 Å². The van der Waals surface area contributed by atoms with E-state index in [0.29, 0.717) is 5.76 Å². The lowest BCUT2D eigenvalue weighted by atomic mass is 9.78. The van der Waals surface area contributed by atoms with Crippen LogP contribution in [0.3, 0.4) is 0 Å². The zero-order chi connectivity index (χ0) is 17.9. The summed E-state index contributed by atoms with van der Waals surface area (Å²) >= 11 is 1.79. The molecular weight excluding hydrogens is 342 g/mol. The highest BCUT2D eigenvalue weighted by Gasteiger charge is 2.42. The number of nitriles is 1. The average Bonchev–Trinajstić information content (AvgIpc) is 2.69. The summed E-state index contributed by atoms with van der Waals surface area (Å²) in [6.45, 7) is 0. The van der Waals surface area contributed by atoms with Crippen LogP contribution in [-0.4, -0.2) is 17.5 Å². The van der Waals surface area contributed by atoms with Gasteiger partial charge in [0.2, 0.25) is 0 Å². The fraction of sp³-hybridized carbons (Fsp3) is 0.182. The molecule has 2 aromatic rings. The number of nitrogens with zero attached hydrogens (tertiary/aromatic N) is 1. The van der Waals surface area contributed by atoms with Crippen LogP contribution in [0.1, 0.15) is 17.0 Å². The Hall–Kier alpha value is -2.77. The largest absolute Gasteiger partial charge is 0.425 e. The van der Waals surface area contributed by atoms with Gasteiger partial charge in [-0.05, 0) is 22.8 Å². The number of carbonyl (C=O) groups excluding carboxylic acids is 1. The highest BCUT2D eigenvalue weighted by molar-refractivity contribution is 7.99. The summed E-state index contributed by atoms with van der Waals surface area (Å²) in [4.78, 5) is 12.5. The summed E-state index contributed by atoms with van der Waals surface area (Å²) in [6.07, 6.45) is 2.07. The average molecular weight is 359 g/mol. The van der Waals surface area contributed by atoms with Crippen molar-refractivity contribution in [2.75, 3.05) is 11.5 Å². The van der Waals surface area contributed by atoms with E-state index < -0.39 is 11.9 Å². The second kappa shape index (κ2) is 7.23. The number of benzene rings is 2. The lowest BCUT2D eigenvalue weighted by Gasteiger charge is -2.34. The first-order valence-electron chi connectivity index (χ1n) is 8.51. The summed E-state index contributed by atoms with van der Waals surface area (Å²) in [6, 6.07) is 22.0. The number of hydrogen-bond donors (Lipinski definition) is 0. The summed E-state index contributed by atoms with van der Waals surface area (Å²) in [5.41, 5.74) is 4.12. The number of carbonyl (C=O) groups is 1. The highest BCUT2D eigenvalue weighted by atomic mass is 32.2. The molecule has 0 fully saturated rings. The summed E-state index contributed by atoms with van der Waals surface area (Å²) in [5, 5.41) is 9.59. The van der Waals surface area contributed by atoms with Gasteiger partial charge in [0.1, 0.15) is 5.76 Å². The van der Waals surface area contributed by atoms with Gasteiger partial charge < -0.3 is 4.74 Å². The molecule has 2 unspecified atom stereocenters. The van der Waals surface area contributed by atoms with Crippen LogP contribution in [0.5, 0.6) is 0 Å². The molecule has 4 rings (SSSR count). The molecule has 2 atom stereocenters. The number of hydrogen-bond acceptors (Lipinski definition) is 4. The minimum Gasteiger partial charge on any atom is -0.425 e. The predicted octanol–water partition coefficient (Wildman–Crippen LogP) is 4.55. The Kier molecular flexibility index (Phi) is 4.64. The van der Waals surface area contributed by atoms with Crippen molar-refractivity contribution in [2.24, 2.45) is 5.92 Å². The lowest BCUT2D eigenvalue weighted by molar-refractivity contribution is -0.143. The van der Waals surface area contributed by atoms with Crippen LogP contribution in [0, 0.1) is 17.2 Å². The van der Waals surface area contributed by atoms with Gasteiger partial charge in [-0.25, -0.2) is 0 Å². The molecule has 0 aliphatic carbocycles. The van der Waals surface area contributed by atoms with E-state index >= 15 is 0 Å². The predicted molar refractivity (Wildman–Crippen MR) is 103 cm³/mol. The molecule has 2 heterocycles. The van der Waals surface area contributed by atoms with E-state index in [0.717, 1.165) is 33.8 Å². The highest BCUT2D eigenvalue weighted by Crippen LogP contribution is 2.45. The minimum absolute atomic E-state index is 0.246. The lowest BCUT2D eigenvalue weighted by Crippen LogP contribution is -2.33. The van der Waals surface area contributed by atoms with Crippen LogP contribution in [-0.2, 0) is 9.53 Å². The molecule has 2 aliphatic rings. The van der Waals surface area contributed by atoms with Gasteiger partial charge in [0, 0.05) is 23.0 Å². The molecule has 0 saturated carbocycles. The number of rotatable bonds is 2. The van der Waals surface area contributed by atoms with E-state index in [4.69, 9.17) is 4.74 Å². The van der Waals surface area contributed by atoms with Crippen molar-refractivity contribution >= 4 is 23.8 Å².